The van der Waals surface area contributed by atoms with Crippen LogP contribution in [-0.2, 0) is 12.8 Å². The van der Waals surface area contributed by atoms with Gasteiger partial charge in [0.15, 0.2) is 0 Å². The van der Waals surface area contributed by atoms with Gasteiger partial charge in [-0.15, -0.1) is 0 Å². The summed E-state index contributed by atoms with van der Waals surface area (Å²) in [6.07, 6.45) is 11.4. The zero-order chi connectivity index (χ0) is 14.3. The quantitative estimate of drug-likeness (QED) is 0.397. The highest BCUT2D eigenvalue weighted by atomic mass is 14.7. The molecule has 0 aromatic heterocycles. The van der Waals surface area contributed by atoms with E-state index in [9.17, 15) is 0 Å². The Bertz CT molecular complexity index is 489. The third-order valence-electron chi connectivity index (χ3n) is 3.60. The van der Waals surface area contributed by atoms with Crippen molar-refractivity contribution in [1.29, 1.82) is 0 Å². The van der Waals surface area contributed by atoms with E-state index in [0.29, 0.717) is 0 Å². The fourth-order valence-electron chi connectivity index (χ4n) is 2.49. The Morgan fingerprint density at radius 1 is 1.21 bits per heavy atom. The number of benzene rings is 1. The number of unbranched alkanes of at least 4 members (excludes halogenated alkanes) is 2. The first-order valence-electron chi connectivity index (χ1n) is 7.26. The number of nitrogens with zero attached hydrogens (tertiary/aromatic N) is 1. The Kier molecular flexibility index (Phi) is 6.36. The second kappa shape index (κ2) is 7.79. The monoisotopic (exact) mass is 255 g/mol. The van der Waals surface area contributed by atoms with Crippen LogP contribution < -0.4 is 0 Å². The molecule has 0 heterocycles. The Morgan fingerprint density at radius 2 is 1.95 bits per heavy atom. The predicted octanol–water partition coefficient (Wildman–Crippen LogP) is 4.69. The van der Waals surface area contributed by atoms with Crippen molar-refractivity contribution >= 4 is 5.71 Å². The maximum absolute atomic E-state index is 5.26. The first-order chi connectivity index (χ1) is 9.13. The van der Waals surface area contributed by atoms with E-state index in [4.69, 9.17) is 6.42 Å². The van der Waals surface area contributed by atoms with E-state index in [1.807, 2.05) is 6.92 Å². The van der Waals surface area contributed by atoms with E-state index in [1.54, 1.807) is 0 Å². The van der Waals surface area contributed by atoms with E-state index >= 15 is 0 Å². The van der Waals surface area contributed by atoms with Crippen LogP contribution in [0.2, 0.25) is 0 Å². The minimum Gasteiger partial charge on any atom is -0.202 e. The molecule has 1 rings (SSSR count). The summed E-state index contributed by atoms with van der Waals surface area (Å²) >= 11 is 0. The highest BCUT2D eigenvalue weighted by Crippen LogP contribution is 2.20. The minimum atomic E-state index is 0.940. The molecule has 0 aliphatic heterocycles. The molecular formula is C18H25N. The van der Waals surface area contributed by atoms with Gasteiger partial charge in [-0.1, -0.05) is 39.2 Å². The van der Waals surface area contributed by atoms with Gasteiger partial charge in [-0.3, -0.25) is 0 Å². The number of aryl methyl sites for hydroxylation is 3. The molecule has 1 heteroatoms. The van der Waals surface area contributed by atoms with Gasteiger partial charge in [-0.25, -0.2) is 4.99 Å². The van der Waals surface area contributed by atoms with E-state index in [2.05, 4.69) is 43.9 Å². The summed E-state index contributed by atoms with van der Waals surface area (Å²) in [5, 5.41) is 0. The molecule has 0 bridgehead atoms. The molecule has 0 aliphatic rings. The molecule has 1 aromatic rings. The van der Waals surface area contributed by atoms with E-state index in [0.717, 1.165) is 12.1 Å². The van der Waals surface area contributed by atoms with Gasteiger partial charge in [0.1, 0.15) is 0 Å². The third kappa shape index (κ3) is 4.24. The van der Waals surface area contributed by atoms with Gasteiger partial charge < -0.3 is 0 Å². The molecule has 0 saturated heterocycles. The van der Waals surface area contributed by atoms with E-state index in [1.165, 1.54) is 47.9 Å². The maximum Gasteiger partial charge on any atom is 0.0554 e. The Morgan fingerprint density at radius 3 is 2.53 bits per heavy atom. The molecule has 0 unspecified atom stereocenters. The lowest BCUT2D eigenvalue weighted by Gasteiger charge is -2.13. The number of aliphatic imine (C=N–C) groups is 1. The average Bonchev–Trinajstić information content (AvgIpc) is 2.39. The normalized spacial score (nSPS) is 11.4. The highest BCUT2D eigenvalue weighted by Gasteiger charge is 2.08. The molecular weight excluding hydrogens is 230 g/mol. The Balaban J connectivity index is 3.07. The van der Waals surface area contributed by atoms with Crippen molar-refractivity contribution in [3.8, 4) is 12.5 Å². The van der Waals surface area contributed by atoms with Crippen molar-refractivity contribution < 1.29 is 0 Å². The second-order valence-electron chi connectivity index (χ2n) is 5.07. The van der Waals surface area contributed by atoms with Crippen LogP contribution in [0.15, 0.2) is 17.1 Å². The highest BCUT2D eigenvalue weighted by molar-refractivity contribution is 6.00. The fourth-order valence-corrected chi connectivity index (χ4v) is 2.49. The van der Waals surface area contributed by atoms with E-state index < -0.39 is 0 Å². The van der Waals surface area contributed by atoms with Crippen molar-refractivity contribution in [2.24, 2.45) is 4.99 Å². The Labute approximate surface area is 118 Å². The van der Waals surface area contributed by atoms with Gasteiger partial charge in [0.25, 0.3) is 0 Å². The smallest absolute Gasteiger partial charge is 0.0554 e. The zero-order valence-corrected chi connectivity index (χ0v) is 12.7. The van der Waals surface area contributed by atoms with Gasteiger partial charge >= 0.3 is 0 Å². The number of hydrogen-bond donors (Lipinski definition) is 0. The first kappa shape index (κ1) is 15.5. The molecule has 1 nitrogen and oxygen atoms in total. The van der Waals surface area contributed by atoms with Crippen LogP contribution in [0.5, 0.6) is 0 Å². The van der Waals surface area contributed by atoms with Crippen LogP contribution >= 0.6 is 0 Å². The van der Waals surface area contributed by atoms with Gasteiger partial charge in [-0.05, 0) is 61.4 Å². The average molecular weight is 255 g/mol. The van der Waals surface area contributed by atoms with Crippen molar-refractivity contribution in [3.63, 3.8) is 0 Å². The summed E-state index contributed by atoms with van der Waals surface area (Å²) in [4.78, 5) is 4.08. The van der Waals surface area contributed by atoms with Crippen LogP contribution in [-0.4, -0.2) is 5.71 Å². The van der Waals surface area contributed by atoms with Crippen molar-refractivity contribution in [2.45, 2.75) is 59.8 Å². The van der Waals surface area contributed by atoms with Crippen molar-refractivity contribution in [3.05, 3.63) is 34.4 Å². The van der Waals surface area contributed by atoms with Crippen LogP contribution in [0, 0.1) is 19.4 Å². The first-order valence-corrected chi connectivity index (χ1v) is 7.26. The largest absolute Gasteiger partial charge is 0.202 e. The molecule has 0 radical (unpaired) electrons. The minimum absolute atomic E-state index is 0.940. The maximum atomic E-state index is 5.26. The predicted molar refractivity (Wildman–Crippen MR) is 84.8 cm³/mol. The lowest BCUT2D eigenvalue weighted by atomic mass is 9.92. The summed E-state index contributed by atoms with van der Waals surface area (Å²) < 4.78 is 0. The topological polar surface area (TPSA) is 12.4 Å². The van der Waals surface area contributed by atoms with Gasteiger partial charge in [0.2, 0.25) is 0 Å². The summed E-state index contributed by atoms with van der Waals surface area (Å²) in [5.74, 6) is 0. The summed E-state index contributed by atoms with van der Waals surface area (Å²) in [5.41, 5.74) is 6.33. The van der Waals surface area contributed by atoms with Crippen molar-refractivity contribution in [1.82, 2.24) is 0 Å². The third-order valence-corrected chi connectivity index (χ3v) is 3.60. The number of terminal acetylenes is 1. The summed E-state index contributed by atoms with van der Waals surface area (Å²) in [7, 11) is 0. The van der Waals surface area contributed by atoms with E-state index in [-0.39, 0.29) is 0 Å². The van der Waals surface area contributed by atoms with Crippen LogP contribution in [0.4, 0.5) is 0 Å². The second-order valence-corrected chi connectivity index (χ2v) is 5.07. The van der Waals surface area contributed by atoms with Gasteiger partial charge in [0, 0.05) is 6.04 Å². The standard InChI is InChI=1S/C18H25N/c1-6-9-10-11-17-12-14(4)18(13-16(17)7-2)15(5)19-8-3/h3,12-13H,6-7,9-11H2,1-2,4-5H3. The van der Waals surface area contributed by atoms with Crippen molar-refractivity contribution in [2.75, 3.05) is 0 Å². The summed E-state index contributed by atoms with van der Waals surface area (Å²) in [6, 6.07) is 6.96. The number of rotatable bonds is 6. The molecule has 0 fully saturated rings. The SMILES string of the molecule is C#CN=C(C)c1cc(CC)c(CCCCC)cc1C. The molecule has 102 valence electrons. The molecule has 1 aromatic carbocycles. The lowest BCUT2D eigenvalue weighted by Crippen LogP contribution is -2.03. The molecule has 0 atom stereocenters. The number of hydrogen-bond acceptors (Lipinski definition) is 1. The fraction of sp³-hybridized carbons (Fsp3) is 0.500. The van der Waals surface area contributed by atoms with Crippen LogP contribution in [0.3, 0.4) is 0 Å². The van der Waals surface area contributed by atoms with Gasteiger partial charge in [-0.2, -0.15) is 0 Å². The Hall–Kier alpha value is -1.55. The molecule has 0 aliphatic carbocycles. The molecule has 0 N–H and O–H groups in total. The molecule has 0 saturated carbocycles. The molecule has 19 heavy (non-hydrogen) atoms. The van der Waals surface area contributed by atoms with Crippen LogP contribution in [0.25, 0.3) is 0 Å². The zero-order valence-electron chi connectivity index (χ0n) is 12.7. The lowest BCUT2D eigenvalue weighted by molar-refractivity contribution is 0.713. The van der Waals surface area contributed by atoms with Crippen LogP contribution in [0.1, 0.15) is 62.3 Å². The molecule has 0 amide bonds. The molecule has 0 spiro atoms. The van der Waals surface area contributed by atoms with Gasteiger partial charge in [0.05, 0.1) is 5.71 Å². The summed E-state index contributed by atoms with van der Waals surface area (Å²) in [6.45, 7) is 8.59.